The summed E-state index contributed by atoms with van der Waals surface area (Å²) in [5.74, 6) is -0.519. The zero-order chi connectivity index (χ0) is 22.7. The minimum atomic E-state index is -3.44. The van der Waals surface area contributed by atoms with Gasteiger partial charge in [-0.15, -0.1) is 0 Å². The summed E-state index contributed by atoms with van der Waals surface area (Å²) < 4.78 is 20.9. The van der Waals surface area contributed by atoms with Crippen LogP contribution in [0.1, 0.15) is 17.4 Å². The molecule has 0 bridgehead atoms. The van der Waals surface area contributed by atoms with E-state index in [4.69, 9.17) is 4.74 Å². The molecule has 5 heteroatoms. The predicted molar refractivity (Wildman–Crippen MR) is 132 cm³/mol. The molecule has 1 saturated heterocycles. The van der Waals surface area contributed by atoms with Crippen LogP contribution in [0.4, 0.5) is 0 Å². The van der Waals surface area contributed by atoms with Gasteiger partial charge in [0.05, 0.1) is 5.31 Å². The number of carbonyl (C=O) groups excluding carboxylic acids is 1. The monoisotopic (exact) mass is 451 g/mol. The first-order valence-corrected chi connectivity index (χ1v) is 12.4. The van der Waals surface area contributed by atoms with Gasteiger partial charge < -0.3 is 14.6 Å². The molecule has 5 rings (SSSR count). The van der Waals surface area contributed by atoms with Crippen LogP contribution in [0.5, 0.6) is 0 Å². The van der Waals surface area contributed by atoms with Crippen molar-refractivity contribution in [1.82, 2.24) is 5.32 Å². The Morgan fingerprint density at radius 2 is 1.12 bits per heavy atom. The van der Waals surface area contributed by atoms with Gasteiger partial charge in [0.1, 0.15) is 5.70 Å². The van der Waals surface area contributed by atoms with Crippen LogP contribution in [0.3, 0.4) is 0 Å². The van der Waals surface area contributed by atoms with Gasteiger partial charge in [-0.1, -0.05) is 121 Å². The first-order valence-electron chi connectivity index (χ1n) is 10.7. The lowest BCUT2D eigenvalue weighted by molar-refractivity contribution is -0.139. The van der Waals surface area contributed by atoms with Gasteiger partial charge in [-0.3, -0.25) is 0 Å². The molecule has 0 amide bonds. The van der Waals surface area contributed by atoms with Gasteiger partial charge in [0.2, 0.25) is 0 Å². The first kappa shape index (κ1) is 21.0. The molecule has 1 aliphatic heterocycles. The van der Waals surface area contributed by atoms with Gasteiger partial charge in [0.15, 0.2) is 13.4 Å². The third-order valence-electron chi connectivity index (χ3n) is 5.65. The molecule has 1 atom stereocenters. The summed E-state index contributed by atoms with van der Waals surface area (Å²) in [6.45, 7) is 0. The Morgan fingerprint density at radius 1 is 0.667 bits per heavy atom. The van der Waals surface area contributed by atoms with Crippen molar-refractivity contribution in [2.45, 2.75) is 6.23 Å². The number of ether oxygens (including phenoxy) is 1. The van der Waals surface area contributed by atoms with Crippen LogP contribution in [-0.4, -0.2) is 5.97 Å². The SMILES string of the molecule is O=C1O[C@H](c2ccccc2)N/C1=C(/c1ccccc1)P(=O)(c1ccccc1)c1ccccc1. The molecule has 162 valence electrons. The first-order chi connectivity index (χ1) is 16.2. The number of rotatable bonds is 5. The van der Waals surface area contributed by atoms with E-state index in [9.17, 15) is 4.79 Å². The second-order valence-electron chi connectivity index (χ2n) is 7.71. The van der Waals surface area contributed by atoms with Gasteiger partial charge in [-0.2, -0.15) is 0 Å². The standard InChI is InChI=1S/C28H22NO3P/c30-28-25(29-27(32-28)22-15-7-2-8-16-22)26(21-13-5-1-6-14-21)33(31,23-17-9-3-10-18-23)24-19-11-4-12-20-24/h1-20,27,29H/b26-25-/t27-/m1/s1. The number of hydrogen-bond donors (Lipinski definition) is 1. The van der Waals surface area contributed by atoms with Crippen molar-refractivity contribution >= 4 is 29.0 Å². The van der Waals surface area contributed by atoms with E-state index in [0.29, 0.717) is 21.5 Å². The predicted octanol–water partition coefficient (Wildman–Crippen LogP) is 5.21. The molecule has 4 aromatic carbocycles. The quantitative estimate of drug-likeness (QED) is 0.257. The summed E-state index contributed by atoms with van der Waals surface area (Å²) in [4.78, 5) is 13.2. The summed E-state index contributed by atoms with van der Waals surface area (Å²) in [7, 11) is -3.44. The molecule has 0 saturated carbocycles. The fourth-order valence-electron chi connectivity index (χ4n) is 4.09. The highest BCUT2D eigenvalue weighted by Crippen LogP contribution is 2.58. The van der Waals surface area contributed by atoms with E-state index in [-0.39, 0.29) is 5.70 Å². The van der Waals surface area contributed by atoms with Crippen molar-refractivity contribution in [3.05, 3.63) is 138 Å². The Morgan fingerprint density at radius 3 is 1.64 bits per heavy atom. The van der Waals surface area contributed by atoms with Crippen molar-refractivity contribution in [2.24, 2.45) is 0 Å². The van der Waals surface area contributed by atoms with Crippen LogP contribution in [0, 0.1) is 0 Å². The Bertz CT molecular complexity index is 1290. The minimum Gasteiger partial charge on any atom is -0.433 e. The molecular weight excluding hydrogens is 429 g/mol. The molecule has 0 unspecified atom stereocenters. The van der Waals surface area contributed by atoms with Crippen LogP contribution in [-0.2, 0) is 14.1 Å². The molecule has 1 N–H and O–H groups in total. The Kier molecular flexibility index (Phi) is 5.68. The second-order valence-corrected chi connectivity index (χ2v) is 10.4. The van der Waals surface area contributed by atoms with E-state index in [1.165, 1.54) is 0 Å². The number of esters is 1. The van der Waals surface area contributed by atoms with Crippen LogP contribution in [0.25, 0.3) is 5.31 Å². The fraction of sp³-hybridized carbons (Fsp3) is 0.0357. The topological polar surface area (TPSA) is 55.4 Å². The largest absolute Gasteiger partial charge is 0.433 e. The lowest BCUT2D eigenvalue weighted by atomic mass is 10.2. The average Bonchev–Trinajstić information content (AvgIpc) is 3.27. The summed E-state index contributed by atoms with van der Waals surface area (Å²) in [6.07, 6.45) is -0.646. The Labute approximate surface area is 192 Å². The van der Waals surface area contributed by atoms with Crippen LogP contribution in [0.2, 0.25) is 0 Å². The molecule has 1 fully saturated rings. The van der Waals surface area contributed by atoms with E-state index in [2.05, 4.69) is 5.32 Å². The van der Waals surface area contributed by atoms with Crippen molar-refractivity contribution in [3.63, 3.8) is 0 Å². The third-order valence-corrected chi connectivity index (χ3v) is 8.81. The van der Waals surface area contributed by atoms with Gasteiger partial charge in [0, 0.05) is 16.2 Å². The van der Waals surface area contributed by atoms with Gasteiger partial charge in [-0.25, -0.2) is 4.79 Å². The zero-order valence-electron chi connectivity index (χ0n) is 17.8. The van der Waals surface area contributed by atoms with E-state index >= 15 is 4.57 Å². The molecule has 0 aromatic heterocycles. The number of cyclic esters (lactones) is 1. The minimum absolute atomic E-state index is 0.228. The summed E-state index contributed by atoms with van der Waals surface area (Å²) in [5, 5.41) is 4.99. The van der Waals surface area contributed by atoms with E-state index < -0.39 is 19.3 Å². The molecule has 0 radical (unpaired) electrons. The smallest absolute Gasteiger partial charge is 0.357 e. The summed E-state index contributed by atoms with van der Waals surface area (Å²) >= 11 is 0. The van der Waals surface area contributed by atoms with Gasteiger partial charge in [-0.05, 0) is 5.56 Å². The van der Waals surface area contributed by atoms with Crippen LogP contribution >= 0.6 is 7.14 Å². The molecule has 0 aliphatic carbocycles. The van der Waals surface area contributed by atoms with Crippen molar-refractivity contribution in [1.29, 1.82) is 0 Å². The molecule has 4 aromatic rings. The molecule has 33 heavy (non-hydrogen) atoms. The maximum atomic E-state index is 15.2. The third kappa shape index (κ3) is 3.90. The summed E-state index contributed by atoms with van der Waals surface area (Å²) in [5.41, 5.74) is 1.76. The van der Waals surface area contributed by atoms with E-state index in [0.717, 1.165) is 5.56 Å². The van der Waals surface area contributed by atoms with Crippen molar-refractivity contribution in [2.75, 3.05) is 0 Å². The Hall–Kier alpha value is -3.88. The lowest BCUT2D eigenvalue weighted by Gasteiger charge is -2.24. The average molecular weight is 451 g/mol. The zero-order valence-corrected chi connectivity index (χ0v) is 18.7. The van der Waals surface area contributed by atoms with E-state index in [1.807, 2.05) is 121 Å². The van der Waals surface area contributed by atoms with Crippen LogP contribution < -0.4 is 15.9 Å². The normalized spacial score (nSPS) is 17.2. The molecular formula is C28H22NO3P. The highest BCUT2D eigenvalue weighted by Gasteiger charge is 2.41. The van der Waals surface area contributed by atoms with Crippen LogP contribution in [0.15, 0.2) is 127 Å². The highest BCUT2D eigenvalue weighted by atomic mass is 31.2. The Balaban J connectivity index is 1.78. The number of hydrogen-bond acceptors (Lipinski definition) is 4. The molecule has 4 nitrogen and oxygen atoms in total. The molecule has 1 heterocycles. The van der Waals surface area contributed by atoms with Crippen molar-refractivity contribution in [3.8, 4) is 0 Å². The number of nitrogens with one attached hydrogen (secondary N) is 1. The van der Waals surface area contributed by atoms with Gasteiger partial charge in [0.25, 0.3) is 0 Å². The number of carbonyl (C=O) groups is 1. The number of benzene rings is 4. The lowest BCUT2D eigenvalue weighted by Crippen LogP contribution is -2.21. The fourth-order valence-corrected chi connectivity index (χ4v) is 7.07. The van der Waals surface area contributed by atoms with E-state index in [1.54, 1.807) is 0 Å². The highest BCUT2D eigenvalue weighted by molar-refractivity contribution is 7.87. The second kappa shape index (κ2) is 8.93. The summed E-state index contributed by atoms with van der Waals surface area (Å²) in [6, 6.07) is 37.6. The van der Waals surface area contributed by atoms with Crippen molar-refractivity contribution < 1.29 is 14.1 Å². The maximum absolute atomic E-state index is 15.2. The molecule has 1 aliphatic rings. The maximum Gasteiger partial charge on any atom is 0.357 e. The molecule has 0 spiro atoms. The van der Waals surface area contributed by atoms with Gasteiger partial charge >= 0.3 is 5.97 Å².